The average molecular weight is 582 g/mol. The van der Waals surface area contributed by atoms with E-state index in [-0.39, 0.29) is 17.0 Å². The zero-order chi connectivity index (χ0) is 25.5. The molecule has 0 N–H and O–H groups in total. The molecule has 0 aliphatic carbocycles. The number of halogens is 1. The van der Waals surface area contributed by atoms with Crippen LogP contribution >= 0.6 is 11.3 Å². The predicted octanol–water partition coefficient (Wildman–Crippen LogP) is 2.21. The highest BCUT2D eigenvalue weighted by molar-refractivity contribution is 7.09. The van der Waals surface area contributed by atoms with Crippen molar-refractivity contribution in [3.05, 3.63) is 88.2 Å². The number of nitrogens with zero attached hydrogens (tertiary/aromatic N) is 8. The fraction of sp³-hybridized carbons (Fsp3) is 0.296. The van der Waals surface area contributed by atoms with Crippen LogP contribution in [0.15, 0.2) is 87.7 Å². The molecule has 0 spiro atoms. The third-order valence-corrected chi connectivity index (χ3v) is 7.26. The minimum Gasteiger partial charge on any atom is -1.00 e. The highest BCUT2D eigenvalue weighted by Crippen LogP contribution is 2.22. The van der Waals surface area contributed by atoms with Gasteiger partial charge in [0.15, 0.2) is 0 Å². The summed E-state index contributed by atoms with van der Waals surface area (Å²) >= 11 is 1.64. The Morgan fingerprint density at radius 1 is 0.973 bits per heavy atom. The topological polar surface area (TPSA) is 66.4 Å². The van der Waals surface area contributed by atoms with E-state index < -0.39 is 0 Å². The third-order valence-electron chi connectivity index (χ3n) is 6.12. The van der Waals surface area contributed by atoms with E-state index in [1.54, 1.807) is 17.6 Å². The van der Waals surface area contributed by atoms with Gasteiger partial charge in [0.05, 0.1) is 31.2 Å². The molecule has 4 aromatic rings. The minimum absolute atomic E-state index is 0. The number of hydrogen-bond acceptors (Lipinski definition) is 6. The molecule has 0 bridgehead atoms. The van der Waals surface area contributed by atoms with Crippen molar-refractivity contribution in [3.63, 3.8) is 0 Å². The smallest absolute Gasteiger partial charge is 0.243 e. The zero-order valence-corrected chi connectivity index (χ0v) is 24.3. The molecular formula is C27H33BrN8S. The number of thiazole rings is 1. The van der Waals surface area contributed by atoms with Crippen molar-refractivity contribution in [2.24, 2.45) is 34.5 Å². The van der Waals surface area contributed by atoms with Crippen molar-refractivity contribution >= 4 is 34.6 Å². The van der Waals surface area contributed by atoms with Crippen LogP contribution in [0.3, 0.4) is 0 Å². The zero-order valence-electron chi connectivity index (χ0n) is 21.9. The lowest BCUT2D eigenvalue weighted by molar-refractivity contribution is -0.693. The van der Waals surface area contributed by atoms with E-state index in [4.69, 9.17) is 0 Å². The van der Waals surface area contributed by atoms with Gasteiger partial charge in [-0.05, 0) is 62.7 Å². The lowest BCUT2D eigenvalue weighted by Crippen LogP contribution is -3.00. The summed E-state index contributed by atoms with van der Waals surface area (Å²) in [4.78, 5) is 4.49. The molecule has 2 aromatic carbocycles. The fourth-order valence-corrected chi connectivity index (χ4v) is 4.62. The van der Waals surface area contributed by atoms with Crippen molar-refractivity contribution in [2.75, 3.05) is 18.0 Å². The van der Waals surface area contributed by atoms with Gasteiger partial charge in [0, 0.05) is 29.9 Å². The molecule has 2 heterocycles. The summed E-state index contributed by atoms with van der Waals surface area (Å²) in [7, 11) is 4.04. The maximum atomic E-state index is 4.40. The van der Waals surface area contributed by atoms with E-state index in [1.807, 2.05) is 50.5 Å². The molecular weight excluding hydrogens is 548 g/mol. The largest absolute Gasteiger partial charge is 1.00 e. The molecule has 0 unspecified atom stereocenters. The molecule has 0 fully saturated rings. The van der Waals surface area contributed by atoms with Crippen molar-refractivity contribution in [3.8, 4) is 0 Å². The van der Waals surface area contributed by atoms with E-state index in [1.165, 1.54) is 16.3 Å². The van der Waals surface area contributed by atoms with E-state index in [0.29, 0.717) is 0 Å². The standard InChI is InChI=1S/C27H33N8S.BrH/c1-6-35(18-17-34-16-15-32(4)20-34)26-13-11-25(12-14-26)30-29-24-9-7-23(8-10-24)19-28-31-27-33(5)21(2)22(3)36-27;/h7-16,19-20H,6,17-18H2,1-5H3;1H/q+1;/p-1/b28-19+,30-29+,31-27+;. The van der Waals surface area contributed by atoms with E-state index >= 15 is 0 Å². The van der Waals surface area contributed by atoms with Crippen LogP contribution in [0.2, 0.25) is 0 Å². The lowest BCUT2D eigenvalue weighted by atomic mass is 10.2. The second kappa shape index (κ2) is 13.3. The molecule has 2 aromatic heterocycles. The van der Waals surface area contributed by atoms with Gasteiger partial charge in [-0.15, -0.1) is 16.4 Å². The summed E-state index contributed by atoms with van der Waals surface area (Å²) in [5.74, 6) is 0. The van der Waals surface area contributed by atoms with Gasteiger partial charge in [-0.1, -0.05) is 12.1 Å². The van der Waals surface area contributed by atoms with Gasteiger partial charge in [0.25, 0.3) is 0 Å². The highest BCUT2D eigenvalue weighted by Gasteiger charge is 2.07. The van der Waals surface area contributed by atoms with Crippen LogP contribution < -0.4 is 31.2 Å². The first-order valence-electron chi connectivity index (χ1n) is 12.0. The Labute approximate surface area is 232 Å². The molecule has 0 saturated carbocycles. The molecule has 0 amide bonds. The first-order valence-corrected chi connectivity index (χ1v) is 12.8. The van der Waals surface area contributed by atoms with Crippen molar-refractivity contribution in [2.45, 2.75) is 27.3 Å². The van der Waals surface area contributed by atoms with Gasteiger partial charge >= 0.3 is 0 Å². The van der Waals surface area contributed by atoms with Crippen LogP contribution in [-0.2, 0) is 20.6 Å². The van der Waals surface area contributed by atoms with Gasteiger partial charge in [-0.3, -0.25) is 0 Å². The van der Waals surface area contributed by atoms with Crippen molar-refractivity contribution in [1.29, 1.82) is 0 Å². The molecule has 0 radical (unpaired) electrons. The highest BCUT2D eigenvalue weighted by atomic mass is 79.9. The molecule has 8 nitrogen and oxygen atoms in total. The number of hydrogen-bond donors (Lipinski definition) is 0. The number of aryl methyl sites for hydroxylation is 2. The molecule has 37 heavy (non-hydrogen) atoms. The van der Waals surface area contributed by atoms with Gasteiger partial charge < -0.3 is 26.4 Å². The summed E-state index contributed by atoms with van der Waals surface area (Å²) in [5, 5.41) is 17.4. The van der Waals surface area contributed by atoms with Crippen LogP contribution in [0, 0.1) is 13.8 Å². The Hall–Kier alpha value is -3.37. The van der Waals surface area contributed by atoms with Crippen molar-refractivity contribution in [1.82, 2.24) is 9.13 Å². The SMILES string of the molecule is CCN(CC[n+]1ccn(C)c1)c1ccc(/N=N/c2ccc(/C=N/N=c3/sc(C)c(C)n3C)cc2)cc1.[Br-]. The normalized spacial score (nSPS) is 12.0. The second-order valence-electron chi connectivity index (χ2n) is 8.63. The van der Waals surface area contributed by atoms with E-state index in [2.05, 4.69) is 90.7 Å². The molecule has 0 atom stereocenters. The average Bonchev–Trinajstić information content (AvgIpc) is 3.42. The van der Waals surface area contributed by atoms with Crippen LogP contribution in [0.5, 0.6) is 0 Å². The van der Waals surface area contributed by atoms with E-state index in [0.717, 1.165) is 41.4 Å². The third kappa shape index (κ3) is 7.56. The Kier molecular flexibility index (Phi) is 10.1. The summed E-state index contributed by atoms with van der Waals surface area (Å²) < 4.78 is 6.31. The van der Waals surface area contributed by atoms with E-state index in [9.17, 15) is 0 Å². The monoisotopic (exact) mass is 580 g/mol. The molecule has 4 rings (SSSR count). The summed E-state index contributed by atoms with van der Waals surface area (Å²) in [6, 6.07) is 16.0. The number of rotatable bonds is 9. The van der Waals surface area contributed by atoms with Gasteiger partial charge in [-0.2, -0.15) is 15.3 Å². The lowest BCUT2D eigenvalue weighted by Gasteiger charge is -2.22. The fourth-order valence-electron chi connectivity index (χ4n) is 3.70. The Bertz CT molecular complexity index is 1410. The van der Waals surface area contributed by atoms with Gasteiger partial charge in [0.2, 0.25) is 11.1 Å². The van der Waals surface area contributed by atoms with Gasteiger partial charge in [-0.25, -0.2) is 9.13 Å². The Morgan fingerprint density at radius 3 is 2.16 bits per heavy atom. The maximum absolute atomic E-state index is 4.40. The van der Waals surface area contributed by atoms with Gasteiger partial charge in [0.1, 0.15) is 18.9 Å². The number of anilines is 1. The number of benzene rings is 2. The van der Waals surface area contributed by atoms with Crippen LogP contribution in [-0.4, -0.2) is 28.4 Å². The summed E-state index contributed by atoms with van der Waals surface area (Å²) in [6.45, 7) is 9.19. The Morgan fingerprint density at radius 2 is 1.62 bits per heavy atom. The van der Waals surface area contributed by atoms with Crippen molar-refractivity contribution < 1.29 is 21.5 Å². The summed E-state index contributed by atoms with van der Waals surface area (Å²) in [6.07, 6.45) is 8.00. The molecule has 0 aliphatic rings. The predicted molar refractivity (Wildman–Crippen MR) is 146 cm³/mol. The second-order valence-corrected chi connectivity index (χ2v) is 9.82. The molecule has 0 aliphatic heterocycles. The quantitative estimate of drug-likeness (QED) is 0.129. The molecule has 194 valence electrons. The van der Waals surface area contributed by atoms with Crippen LogP contribution in [0.1, 0.15) is 23.1 Å². The molecule has 10 heteroatoms. The van der Waals surface area contributed by atoms with Crippen LogP contribution in [0.4, 0.5) is 17.1 Å². The van der Waals surface area contributed by atoms with Crippen LogP contribution in [0.25, 0.3) is 0 Å². The number of likely N-dealkylation sites (N-methyl/N-ethyl adjacent to an activating group) is 1. The maximum Gasteiger partial charge on any atom is 0.243 e. The first kappa shape index (κ1) is 28.2. The number of aromatic nitrogens is 3. The Balaban J connectivity index is 0.00000380. The first-order chi connectivity index (χ1) is 17.4. The minimum atomic E-state index is 0. The number of imidazole rings is 1. The summed E-state index contributed by atoms with van der Waals surface area (Å²) in [5.41, 5.74) is 4.97. The molecule has 0 saturated heterocycles. The number of azo groups is 1.